The van der Waals surface area contributed by atoms with Crippen LogP contribution in [0.2, 0.25) is 0 Å². The monoisotopic (exact) mass is 216 g/mol. The van der Waals surface area contributed by atoms with Crippen LogP contribution in [0, 0.1) is 6.92 Å². The van der Waals surface area contributed by atoms with Gasteiger partial charge in [0, 0.05) is 11.8 Å². The van der Waals surface area contributed by atoms with Gasteiger partial charge in [-0.15, -0.1) is 0 Å². The molecule has 0 aliphatic carbocycles. The second-order valence-electron chi connectivity index (χ2n) is 2.89. The Morgan fingerprint density at radius 2 is 2.20 bits per heavy atom. The molecule has 15 heavy (non-hydrogen) atoms. The maximum absolute atomic E-state index is 12.5. The van der Waals surface area contributed by atoms with Gasteiger partial charge in [-0.25, -0.2) is 13.8 Å². The van der Waals surface area contributed by atoms with Crippen LogP contribution in [0.25, 0.3) is 0 Å². The number of hydrogen-bond donors (Lipinski definition) is 1. The van der Waals surface area contributed by atoms with Gasteiger partial charge in [-0.05, 0) is 12.5 Å². The van der Waals surface area contributed by atoms with E-state index in [2.05, 4.69) is 4.98 Å². The van der Waals surface area contributed by atoms with Gasteiger partial charge in [-0.2, -0.15) is 0 Å². The summed E-state index contributed by atoms with van der Waals surface area (Å²) in [5, 5.41) is 0. The summed E-state index contributed by atoms with van der Waals surface area (Å²) in [6.45, 7) is 1.38. The molecule has 2 N–H and O–H groups in total. The Kier molecular flexibility index (Phi) is 3.18. The van der Waals surface area contributed by atoms with Gasteiger partial charge >= 0.3 is 0 Å². The van der Waals surface area contributed by atoms with Crippen LogP contribution < -0.4 is 10.5 Å². The van der Waals surface area contributed by atoms with E-state index in [-0.39, 0.29) is 22.6 Å². The quantitative estimate of drug-likeness (QED) is 0.831. The molecule has 1 aromatic rings. The Balaban J connectivity index is 3.42. The smallest absolute Gasteiger partial charge is 0.265 e. The van der Waals surface area contributed by atoms with E-state index in [4.69, 9.17) is 10.5 Å². The van der Waals surface area contributed by atoms with E-state index in [0.29, 0.717) is 0 Å². The van der Waals surface area contributed by atoms with E-state index >= 15 is 0 Å². The van der Waals surface area contributed by atoms with Crippen LogP contribution in [0.3, 0.4) is 0 Å². The Bertz CT molecular complexity index is 394. The molecule has 1 rings (SSSR count). The molecule has 0 radical (unpaired) electrons. The molecule has 6 heteroatoms. The van der Waals surface area contributed by atoms with Crippen molar-refractivity contribution in [1.82, 2.24) is 4.98 Å². The maximum atomic E-state index is 12.5. The standard InChI is InChI=1S/C9H10F2N2O2/c1-4-5(7(10)11)3-13-9(15-2)6(4)8(12)14/h3,7H,1-2H3,(H2,12,14). The van der Waals surface area contributed by atoms with Crippen molar-refractivity contribution in [3.05, 3.63) is 22.9 Å². The first kappa shape index (κ1) is 11.4. The Labute approximate surface area is 85.1 Å². The van der Waals surface area contributed by atoms with Gasteiger partial charge in [0.25, 0.3) is 12.3 Å². The average molecular weight is 216 g/mol. The number of methoxy groups -OCH3 is 1. The van der Waals surface area contributed by atoms with E-state index in [1.807, 2.05) is 0 Å². The Morgan fingerprint density at radius 1 is 1.60 bits per heavy atom. The molecule has 0 spiro atoms. The van der Waals surface area contributed by atoms with Gasteiger partial charge in [0.2, 0.25) is 5.88 Å². The molecule has 0 saturated heterocycles. The van der Waals surface area contributed by atoms with Gasteiger partial charge in [0.15, 0.2) is 0 Å². The van der Waals surface area contributed by atoms with Crippen LogP contribution in [-0.2, 0) is 0 Å². The van der Waals surface area contributed by atoms with Crippen LogP contribution >= 0.6 is 0 Å². The largest absolute Gasteiger partial charge is 0.480 e. The fourth-order valence-corrected chi connectivity index (χ4v) is 1.26. The third kappa shape index (κ3) is 2.03. The zero-order valence-corrected chi connectivity index (χ0v) is 8.25. The first-order chi connectivity index (χ1) is 6.99. The minimum atomic E-state index is -2.69. The number of halogens is 2. The Morgan fingerprint density at radius 3 is 2.60 bits per heavy atom. The number of nitrogens with zero attached hydrogens (tertiary/aromatic N) is 1. The fraction of sp³-hybridized carbons (Fsp3) is 0.333. The molecule has 0 fully saturated rings. The molecule has 1 aromatic heterocycles. The van der Waals surface area contributed by atoms with Crippen molar-refractivity contribution in [2.45, 2.75) is 13.3 Å². The Hall–Kier alpha value is -1.72. The second-order valence-corrected chi connectivity index (χ2v) is 2.89. The SMILES string of the molecule is COc1ncc(C(F)F)c(C)c1C(N)=O. The molecular weight excluding hydrogens is 206 g/mol. The number of ether oxygens (including phenoxy) is 1. The van der Waals surface area contributed by atoms with Crippen molar-refractivity contribution < 1.29 is 18.3 Å². The number of aromatic nitrogens is 1. The van der Waals surface area contributed by atoms with E-state index < -0.39 is 12.3 Å². The third-order valence-electron chi connectivity index (χ3n) is 2.02. The summed E-state index contributed by atoms with van der Waals surface area (Å²) in [7, 11) is 1.29. The minimum Gasteiger partial charge on any atom is -0.480 e. The topological polar surface area (TPSA) is 65.2 Å². The van der Waals surface area contributed by atoms with Gasteiger partial charge in [-0.3, -0.25) is 4.79 Å². The normalized spacial score (nSPS) is 10.5. The van der Waals surface area contributed by atoms with Gasteiger partial charge < -0.3 is 10.5 Å². The summed E-state index contributed by atoms with van der Waals surface area (Å²) in [4.78, 5) is 14.6. The summed E-state index contributed by atoms with van der Waals surface area (Å²) in [6, 6.07) is 0. The van der Waals surface area contributed by atoms with Gasteiger partial charge in [0.05, 0.1) is 7.11 Å². The lowest BCUT2D eigenvalue weighted by atomic mass is 10.1. The van der Waals surface area contributed by atoms with Gasteiger partial charge in [-0.1, -0.05) is 0 Å². The lowest BCUT2D eigenvalue weighted by Gasteiger charge is -2.11. The summed E-state index contributed by atoms with van der Waals surface area (Å²) in [5.41, 5.74) is 4.74. The number of hydrogen-bond acceptors (Lipinski definition) is 3. The van der Waals surface area contributed by atoms with Crippen LogP contribution in [0.4, 0.5) is 8.78 Å². The number of alkyl halides is 2. The van der Waals surface area contributed by atoms with E-state index in [1.54, 1.807) is 0 Å². The molecule has 0 aliphatic rings. The lowest BCUT2D eigenvalue weighted by Crippen LogP contribution is -2.16. The molecule has 82 valence electrons. The molecule has 0 aliphatic heterocycles. The highest BCUT2D eigenvalue weighted by atomic mass is 19.3. The minimum absolute atomic E-state index is 0.0376. The summed E-state index contributed by atoms with van der Waals surface area (Å²) in [6.07, 6.45) is -1.72. The van der Waals surface area contributed by atoms with E-state index in [0.717, 1.165) is 6.20 Å². The second kappa shape index (κ2) is 4.20. The van der Waals surface area contributed by atoms with Crippen LogP contribution in [0.1, 0.15) is 27.9 Å². The molecule has 0 bridgehead atoms. The molecule has 1 amide bonds. The molecular formula is C9H10F2N2O2. The zero-order chi connectivity index (χ0) is 11.6. The number of rotatable bonds is 3. The summed E-state index contributed by atoms with van der Waals surface area (Å²) < 4.78 is 29.7. The molecule has 0 unspecified atom stereocenters. The maximum Gasteiger partial charge on any atom is 0.265 e. The van der Waals surface area contributed by atoms with E-state index in [9.17, 15) is 13.6 Å². The van der Waals surface area contributed by atoms with Crippen molar-refractivity contribution in [3.8, 4) is 5.88 Å². The van der Waals surface area contributed by atoms with Gasteiger partial charge in [0.1, 0.15) is 5.56 Å². The number of nitrogens with two attached hydrogens (primary N) is 1. The number of amides is 1. The van der Waals surface area contributed by atoms with Crippen LogP contribution in [0.15, 0.2) is 6.20 Å². The zero-order valence-electron chi connectivity index (χ0n) is 8.25. The average Bonchev–Trinajstić information content (AvgIpc) is 2.15. The number of primary amides is 1. The highest BCUT2D eigenvalue weighted by Crippen LogP contribution is 2.28. The molecule has 0 atom stereocenters. The molecule has 0 saturated carbocycles. The highest BCUT2D eigenvalue weighted by Gasteiger charge is 2.20. The van der Waals surface area contributed by atoms with Crippen molar-refractivity contribution >= 4 is 5.91 Å². The van der Waals surface area contributed by atoms with Crippen LogP contribution in [-0.4, -0.2) is 18.0 Å². The van der Waals surface area contributed by atoms with Crippen molar-refractivity contribution in [2.24, 2.45) is 5.73 Å². The predicted molar refractivity (Wildman–Crippen MR) is 49.0 cm³/mol. The first-order valence-corrected chi connectivity index (χ1v) is 4.10. The third-order valence-corrected chi connectivity index (χ3v) is 2.02. The molecule has 4 nitrogen and oxygen atoms in total. The predicted octanol–water partition coefficient (Wildman–Crippen LogP) is 1.44. The summed E-state index contributed by atoms with van der Waals surface area (Å²) >= 11 is 0. The first-order valence-electron chi connectivity index (χ1n) is 4.10. The number of carbonyl (C=O) groups excluding carboxylic acids is 1. The van der Waals surface area contributed by atoms with E-state index in [1.165, 1.54) is 14.0 Å². The van der Waals surface area contributed by atoms with Crippen molar-refractivity contribution in [2.75, 3.05) is 7.11 Å². The molecule has 1 heterocycles. The van der Waals surface area contributed by atoms with Crippen molar-refractivity contribution in [1.29, 1.82) is 0 Å². The summed E-state index contributed by atoms with van der Waals surface area (Å²) in [5.74, 6) is -0.872. The highest BCUT2D eigenvalue weighted by molar-refractivity contribution is 5.96. The number of carbonyl (C=O) groups is 1. The lowest BCUT2D eigenvalue weighted by molar-refractivity contribution is 0.0995. The van der Waals surface area contributed by atoms with Crippen molar-refractivity contribution in [3.63, 3.8) is 0 Å². The van der Waals surface area contributed by atoms with Crippen LogP contribution in [0.5, 0.6) is 5.88 Å². The molecule has 0 aromatic carbocycles. The number of pyridine rings is 1. The fourth-order valence-electron chi connectivity index (χ4n) is 1.26.